The summed E-state index contributed by atoms with van der Waals surface area (Å²) >= 11 is 0. The maximum absolute atomic E-state index is 9.39. The molecule has 0 radical (unpaired) electrons. The van der Waals surface area contributed by atoms with E-state index in [2.05, 4.69) is 12.2 Å². The van der Waals surface area contributed by atoms with Crippen LogP contribution in [0, 0.1) is 0 Å². The van der Waals surface area contributed by atoms with Crippen molar-refractivity contribution in [2.75, 3.05) is 6.54 Å². The van der Waals surface area contributed by atoms with Gasteiger partial charge in [-0.1, -0.05) is 25.7 Å². The third kappa shape index (κ3) is 4.40. The second-order valence-electron chi connectivity index (χ2n) is 5.53. The van der Waals surface area contributed by atoms with Gasteiger partial charge < -0.3 is 16.2 Å². The number of aliphatic hydroxyl groups excluding tert-OH is 1. The second-order valence-corrected chi connectivity index (χ2v) is 5.53. The molecule has 0 aliphatic heterocycles. The Labute approximate surface area is 99.8 Å². The van der Waals surface area contributed by atoms with Crippen LogP contribution in [0.25, 0.3) is 0 Å². The molecule has 0 aromatic heterocycles. The van der Waals surface area contributed by atoms with Crippen LogP contribution in [0.4, 0.5) is 0 Å². The van der Waals surface area contributed by atoms with Gasteiger partial charge in [0, 0.05) is 18.1 Å². The van der Waals surface area contributed by atoms with E-state index in [4.69, 9.17) is 5.73 Å². The summed E-state index contributed by atoms with van der Waals surface area (Å²) in [5.41, 5.74) is 6.09. The van der Waals surface area contributed by atoms with E-state index in [9.17, 15) is 5.11 Å². The highest BCUT2D eigenvalue weighted by atomic mass is 16.3. The van der Waals surface area contributed by atoms with E-state index in [1.807, 2.05) is 6.92 Å². The molecule has 0 aromatic carbocycles. The molecule has 0 spiro atoms. The first kappa shape index (κ1) is 13.9. The Morgan fingerprint density at radius 3 is 2.19 bits per heavy atom. The summed E-state index contributed by atoms with van der Waals surface area (Å²) in [5, 5.41) is 13.1. The van der Waals surface area contributed by atoms with Crippen LogP contribution < -0.4 is 11.1 Å². The number of rotatable bonds is 5. The fourth-order valence-corrected chi connectivity index (χ4v) is 2.91. The largest absolute Gasteiger partial charge is 0.393 e. The number of aliphatic hydroxyl groups is 1. The minimum absolute atomic E-state index is 0.130. The van der Waals surface area contributed by atoms with E-state index in [1.165, 1.54) is 38.5 Å². The van der Waals surface area contributed by atoms with E-state index in [-0.39, 0.29) is 11.6 Å². The van der Waals surface area contributed by atoms with Gasteiger partial charge >= 0.3 is 0 Å². The van der Waals surface area contributed by atoms with Crippen molar-refractivity contribution in [1.29, 1.82) is 0 Å². The summed E-state index contributed by atoms with van der Waals surface area (Å²) in [4.78, 5) is 0. The summed E-state index contributed by atoms with van der Waals surface area (Å²) in [6, 6.07) is 0.349. The Morgan fingerprint density at radius 2 is 1.75 bits per heavy atom. The minimum Gasteiger partial charge on any atom is -0.393 e. The summed E-state index contributed by atoms with van der Waals surface area (Å²) in [6.45, 7) is 4.71. The monoisotopic (exact) mass is 228 g/mol. The van der Waals surface area contributed by atoms with Crippen LogP contribution in [-0.4, -0.2) is 29.3 Å². The molecule has 1 rings (SSSR count). The molecule has 2 unspecified atom stereocenters. The molecule has 1 aliphatic rings. The van der Waals surface area contributed by atoms with Crippen molar-refractivity contribution in [2.45, 2.75) is 76.5 Å². The maximum Gasteiger partial charge on any atom is 0.0526 e. The molecule has 4 N–H and O–H groups in total. The van der Waals surface area contributed by atoms with Crippen molar-refractivity contribution in [1.82, 2.24) is 5.32 Å². The molecule has 0 amide bonds. The molecule has 3 nitrogen and oxygen atoms in total. The lowest BCUT2D eigenvalue weighted by atomic mass is 9.89. The molecule has 2 atom stereocenters. The standard InChI is InChI=1S/C13H28N2O/c1-11(9-12(2)16)15-13(10-14)7-5-3-4-6-8-13/h11-12,15-16H,3-10,14H2,1-2H3. The summed E-state index contributed by atoms with van der Waals surface area (Å²) < 4.78 is 0. The van der Waals surface area contributed by atoms with Crippen molar-refractivity contribution >= 4 is 0 Å². The summed E-state index contributed by atoms with van der Waals surface area (Å²) in [5.74, 6) is 0. The fourth-order valence-electron chi connectivity index (χ4n) is 2.91. The van der Waals surface area contributed by atoms with E-state index < -0.39 is 0 Å². The second kappa shape index (κ2) is 6.58. The van der Waals surface area contributed by atoms with Crippen LogP contribution >= 0.6 is 0 Å². The van der Waals surface area contributed by atoms with Gasteiger partial charge in [-0.2, -0.15) is 0 Å². The molecule has 96 valence electrons. The molecule has 16 heavy (non-hydrogen) atoms. The van der Waals surface area contributed by atoms with Crippen LogP contribution in [0.5, 0.6) is 0 Å². The van der Waals surface area contributed by atoms with E-state index >= 15 is 0 Å². The zero-order valence-electron chi connectivity index (χ0n) is 10.8. The Bertz CT molecular complexity index is 186. The Morgan fingerprint density at radius 1 is 1.19 bits per heavy atom. The van der Waals surface area contributed by atoms with Gasteiger partial charge in [-0.15, -0.1) is 0 Å². The van der Waals surface area contributed by atoms with E-state index in [0.29, 0.717) is 6.04 Å². The maximum atomic E-state index is 9.39. The van der Waals surface area contributed by atoms with E-state index in [0.717, 1.165) is 13.0 Å². The van der Waals surface area contributed by atoms with Crippen molar-refractivity contribution in [3.05, 3.63) is 0 Å². The third-order valence-corrected chi connectivity index (χ3v) is 3.70. The molecule has 0 bridgehead atoms. The van der Waals surface area contributed by atoms with Gasteiger partial charge in [-0.3, -0.25) is 0 Å². The minimum atomic E-state index is -0.233. The zero-order valence-corrected chi connectivity index (χ0v) is 10.8. The normalized spacial score (nSPS) is 24.8. The fraction of sp³-hybridized carbons (Fsp3) is 1.00. The Balaban J connectivity index is 2.50. The lowest BCUT2D eigenvalue weighted by molar-refractivity contribution is 0.155. The van der Waals surface area contributed by atoms with Gasteiger partial charge in [0.15, 0.2) is 0 Å². The highest BCUT2D eigenvalue weighted by Crippen LogP contribution is 2.27. The van der Waals surface area contributed by atoms with Gasteiger partial charge in [0.1, 0.15) is 0 Å². The topological polar surface area (TPSA) is 58.3 Å². The molecule has 3 heteroatoms. The molecular weight excluding hydrogens is 200 g/mol. The van der Waals surface area contributed by atoms with Crippen molar-refractivity contribution < 1.29 is 5.11 Å². The third-order valence-electron chi connectivity index (χ3n) is 3.70. The first-order chi connectivity index (χ1) is 7.58. The Hall–Kier alpha value is -0.120. The van der Waals surface area contributed by atoms with Crippen molar-refractivity contribution in [3.63, 3.8) is 0 Å². The number of nitrogens with two attached hydrogens (primary N) is 1. The lowest BCUT2D eigenvalue weighted by Crippen LogP contribution is -2.54. The van der Waals surface area contributed by atoms with Crippen LogP contribution in [0.15, 0.2) is 0 Å². The number of nitrogens with one attached hydrogen (secondary N) is 1. The predicted octanol–water partition coefficient (Wildman–Crippen LogP) is 1.79. The quantitative estimate of drug-likeness (QED) is 0.629. The number of hydrogen-bond donors (Lipinski definition) is 3. The van der Waals surface area contributed by atoms with Crippen LogP contribution in [0.1, 0.15) is 58.8 Å². The first-order valence-electron chi connectivity index (χ1n) is 6.74. The van der Waals surface area contributed by atoms with E-state index in [1.54, 1.807) is 0 Å². The van der Waals surface area contributed by atoms with Gasteiger partial charge in [0.05, 0.1) is 6.10 Å². The zero-order chi connectivity index (χ0) is 12.0. The Kier molecular flexibility index (Phi) is 5.73. The lowest BCUT2D eigenvalue weighted by Gasteiger charge is -2.36. The van der Waals surface area contributed by atoms with Gasteiger partial charge in [0.25, 0.3) is 0 Å². The molecule has 0 aromatic rings. The molecule has 0 saturated heterocycles. The average Bonchev–Trinajstić information content (AvgIpc) is 2.43. The summed E-state index contributed by atoms with van der Waals surface area (Å²) in [7, 11) is 0. The highest BCUT2D eigenvalue weighted by molar-refractivity contribution is 4.92. The average molecular weight is 228 g/mol. The van der Waals surface area contributed by atoms with Crippen molar-refractivity contribution in [3.8, 4) is 0 Å². The highest BCUT2D eigenvalue weighted by Gasteiger charge is 2.30. The molecule has 1 saturated carbocycles. The smallest absolute Gasteiger partial charge is 0.0526 e. The molecule has 1 fully saturated rings. The molecule has 1 aliphatic carbocycles. The summed E-state index contributed by atoms with van der Waals surface area (Å²) in [6.07, 6.45) is 8.20. The van der Waals surface area contributed by atoms with Gasteiger partial charge in [0.2, 0.25) is 0 Å². The van der Waals surface area contributed by atoms with Crippen LogP contribution in [0.2, 0.25) is 0 Å². The van der Waals surface area contributed by atoms with Crippen LogP contribution in [-0.2, 0) is 0 Å². The first-order valence-corrected chi connectivity index (χ1v) is 6.74. The van der Waals surface area contributed by atoms with Gasteiger partial charge in [-0.25, -0.2) is 0 Å². The SMILES string of the molecule is CC(O)CC(C)NC1(CN)CCCCCC1. The molecule has 0 heterocycles. The van der Waals surface area contributed by atoms with Gasteiger partial charge in [-0.05, 0) is 33.1 Å². The number of hydrogen-bond acceptors (Lipinski definition) is 3. The molecular formula is C13H28N2O. The van der Waals surface area contributed by atoms with Crippen LogP contribution in [0.3, 0.4) is 0 Å². The van der Waals surface area contributed by atoms with Crippen molar-refractivity contribution in [2.24, 2.45) is 5.73 Å². The predicted molar refractivity (Wildman–Crippen MR) is 68.4 cm³/mol.